The van der Waals surface area contributed by atoms with Crippen molar-refractivity contribution in [3.8, 4) is 0 Å². The number of carbonyl (C=O) groups is 1. The summed E-state index contributed by atoms with van der Waals surface area (Å²) in [5.74, 6) is 0. The van der Waals surface area contributed by atoms with Gasteiger partial charge in [-0.1, -0.05) is 0 Å². The largest absolute Gasteiger partial charge is 0.303 e. The molecule has 0 spiro atoms. The quantitative estimate of drug-likeness (QED) is 0.354. The maximum absolute atomic E-state index is 13.7. The molecule has 0 aliphatic rings. The minimum Gasteiger partial charge on any atom is -0.303 e. The first-order valence-corrected chi connectivity index (χ1v) is 6.86. The van der Waals surface area contributed by atoms with Crippen molar-refractivity contribution in [3.05, 3.63) is 0 Å². The van der Waals surface area contributed by atoms with E-state index in [1.807, 2.05) is 0 Å². The number of halogens is 9. The van der Waals surface area contributed by atoms with Crippen LogP contribution in [-0.4, -0.2) is 66.4 Å². The van der Waals surface area contributed by atoms with E-state index in [4.69, 9.17) is 0 Å². The number of rotatable bonds is 13. The van der Waals surface area contributed by atoms with E-state index in [1.165, 1.54) is 0 Å². The lowest BCUT2D eigenvalue weighted by Crippen LogP contribution is -2.69. The van der Waals surface area contributed by atoms with Crippen molar-refractivity contribution in [2.45, 2.75) is 0 Å². The van der Waals surface area contributed by atoms with Gasteiger partial charge in [-0.25, -0.2) is 8.78 Å². The van der Waals surface area contributed by atoms with Gasteiger partial charge < -0.3 is 4.79 Å². The maximum atomic E-state index is 13.7. The fourth-order valence-electron chi connectivity index (χ4n) is 3.07. The highest BCUT2D eigenvalue weighted by molar-refractivity contribution is 5.62. The lowest BCUT2D eigenvalue weighted by molar-refractivity contribution is -0.214. The molecule has 0 atom stereocenters. The molecule has 0 aromatic carbocycles. The summed E-state index contributed by atoms with van der Waals surface area (Å²) in [6.45, 7) is -19.4. The molecule has 0 amide bonds. The molecule has 0 aromatic rings. The molecular weight excluding hydrogens is 355 g/mol. The standard InChI is InChI=1S/C14H19F9O/c15-1-11(2-16,3-17)13(6-20,7-21)14(8-22,9-23)12(4-18,5-19)10-24/h10H,1-9H2. The molecule has 0 radical (unpaired) electrons. The molecule has 0 fully saturated rings. The average molecular weight is 374 g/mol. The highest BCUT2D eigenvalue weighted by Crippen LogP contribution is 2.61. The SMILES string of the molecule is O=CC(CF)(CF)C(CF)(CF)C(CF)(CF)C(CF)(CF)CF. The molecule has 0 aliphatic heterocycles. The Morgan fingerprint density at radius 3 is 1.00 bits per heavy atom. The van der Waals surface area contributed by atoms with Crippen LogP contribution in [0.2, 0.25) is 0 Å². The van der Waals surface area contributed by atoms with Gasteiger partial charge in [-0.15, -0.1) is 0 Å². The molecule has 0 heterocycles. The summed E-state index contributed by atoms with van der Waals surface area (Å²) in [5, 5.41) is 0. The van der Waals surface area contributed by atoms with Gasteiger partial charge in [0.25, 0.3) is 0 Å². The Bertz CT molecular complexity index is 366. The zero-order valence-corrected chi connectivity index (χ0v) is 12.8. The van der Waals surface area contributed by atoms with Crippen LogP contribution in [0.5, 0.6) is 0 Å². The van der Waals surface area contributed by atoms with Crippen molar-refractivity contribution in [1.29, 1.82) is 0 Å². The van der Waals surface area contributed by atoms with E-state index < -0.39 is 88.0 Å². The predicted octanol–water partition coefficient (Wildman–Crippen LogP) is 3.86. The summed E-state index contributed by atoms with van der Waals surface area (Å²) in [5.41, 5.74) is -13.5. The Morgan fingerprint density at radius 2 is 0.833 bits per heavy atom. The van der Waals surface area contributed by atoms with E-state index in [0.29, 0.717) is 0 Å². The van der Waals surface area contributed by atoms with Crippen LogP contribution in [0, 0.1) is 21.7 Å². The number of alkyl halides is 9. The van der Waals surface area contributed by atoms with Gasteiger partial charge in [-0.05, 0) is 0 Å². The van der Waals surface area contributed by atoms with Gasteiger partial charge in [0.15, 0.2) is 0 Å². The third-order valence-electron chi connectivity index (χ3n) is 5.27. The molecule has 0 unspecified atom stereocenters. The fraction of sp³-hybridized carbons (Fsp3) is 0.929. The molecule has 0 aromatic heterocycles. The fourth-order valence-corrected chi connectivity index (χ4v) is 3.07. The highest BCUT2D eigenvalue weighted by atomic mass is 19.2. The van der Waals surface area contributed by atoms with E-state index in [1.54, 1.807) is 0 Å². The topological polar surface area (TPSA) is 17.1 Å². The maximum Gasteiger partial charge on any atom is 0.132 e. The summed E-state index contributed by atoms with van der Waals surface area (Å²) in [4.78, 5) is 11.2. The number of hydrogen-bond donors (Lipinski definition) is 0. The average Bonchev–Trinajstić information content (AvgIpc) is 2.65. The summed E-state index contributed by atoms with van der Waals surface area (Å²) < 4.78 is 122. The molecule has 10 heteroatoms. The second kappa shape index (κ2) is 8.94. The summed E-state index contributed by atoms with van der Waals surface area (Å²) in [6.07, 6.45) is -0.578. The summed E-state index contributed by atoms with van der Waals surface area (Å²) in [7, 11) is 0. The Morgan fingerprint density at radius 1 is 0.500 bits per heavy atom. The second-order valence-corrected chi connectivity index (χ2v) is 5.92. The molecular formula is C14H19F9O. The van der Waals surface area contributed by atoms with Crippen LogP contribution in [0.3, 0.4) is 0 Å². The third kappa shape index (κ3) is 2.69. The third-order valence-corrected chi connectivity index (χ3v) is 5.27. The second-order valence-electron chi connectivity index (χ2n) is 5.92. The molecule has 0 rings (SSSR count). The van der Waals surface area contributed by atoms with E-state index in [-0.39, 0.29) is 0 Å². The van der Waals surface area contributed by atoms with E-state index in [0.717, 1.165) is 0 Å². The van der Waals surface area contributed by atoms with Gasteiger partial charge in [0.05, 0.1) is 48.4 Å². The van der Waals surface area contributed by atoms with Crippen molar-refractivity contribution >= 4 is 6.29 Å². The van der Waals surface area contributed by atoms with E-state index >= 15 is 0 Å². The van der Waals surface area contributed by atoms with Crippen molar-refractivity contribution in [1.82, 2.24) is 0 Å². The molecule has 0 bridgehead atoms. The van der Waals surface area contributed by atoms with Crippen LogP contribution in [-0.2, 0) is 4.79 Å². The van der Waals surface area contributed by atoms with Crippen LogP contribution in [0.1, 0.15) is 0 Å². The summed E-state index contributed by atoms with van der Waals surface area (Å²) in [6, 6.07) is 0. The molecule has 1 nitrogen and oxygen atoms in total. The molecule has 0 saturated heterocycles. The van der Waals surface area contributed by atoms with Crippen molar-refractivity contribution < 1.29 is 44.3 Å². The van der Waals surface area contributed by atoms with Gasteiger partial charge >= 0.3 is 0 Å². The summed E-state index contributed by atoms with van der Waals surface area (Å²) >= 11 is 0. The van der Waals surface area contributed by atoms with Crippen molar-refractivity contribution in [2.75, 3.05) is 60.1 Å². The smallest absolute Gasteiger partial charge is 0.132 e. The first-order valence-electron chi connectivity index (χ1n) is 6.86. The van der Waals surface area contributed by atoms with Crippen LogP contribution in [0.4, 0.5) is 39.5 Å². The first kappa shape index (κ1) is 23.0. The molecule has 0 saturated carbocycles. The Balaban J connectivity index is 6.97. The lowest BCUT2D eigenvalue weighted by Gasteiger charge is -2.58. The van der Waals surface area contributed by atoms with Crippen LogP contribution in [0.15, 0.2) is 0 Å². The van der Waals surface area contributed by atoms with E-state index in [9.17, 15) is 44.3 Å². The zero-order valence-electron chi connectivity index (χ0n) is 12.8. The number of carbonyl (C=O) groups excluding carboxylic acids is 1. The normalized spacial score (nSPS) is 14.0. The first-order chi connectivity index (χ1) is 11.4. The number of hydrogen-bond acceptors (Lipinski definition) is 1. The van der Waals surface area contributed by atoms with Crippen molar-refractivity contribution in [2.24, 2.45) is 21.7 Å². The number of aldehydes is 1. The zero-order chi connectivity index (χ0) is 19.1. The monoisotopic (exact) mass is 374 g/mol. The van der Waals surface area contributed by atoms with Crippen LogP contribution in [0.25, 0.3) is 0 Å². The van der Waals surface area contributed by atoms with Crippen LogP contribution >= 0.6 is 0 Å². The lowest BCUT2D eigenvalue weighted by atomic mass is 9.45. The van der Waals surface area contributed by atoms with Gasteiger partial charge in [0.1, 0.15) is 39.7 Å². The van der Waals surface area contributed by atoms with Crippen LogP contribution < -0.4 is 0 Å². The van der Waals surface area contributed by atoms with Gasteiger partial charge in [0.2, 0.25) is 0 Å². The predicted molar refractivity (Wildman–Crippen MR) is 69.6 cm³/mol. The molecule has 0 N–H and O–H groups in total. The van der Waals surface area contributed by atoms with Gasteiger partial charge in [-0.3, -0.25) is 30.7 Å². The molecule has 0 aliphatic carbocycles. The minimum atomic E-state index is -3.47. The van der Waals surface area contributed by atoms with E-state index in [2.05, 4.69) is 0 Å². The molecule has 144 valence electrons. The Hall–Kier alpha value is -0.960. The van der Waals surface area contributed by atoms with Crippen molar-refractivity contribution in [3.63, 3.8) is 0 Å². The highest BCUT2D eigenvalue weighted by Gasteiger charge is 2.71. The Labute approximate surface area is 133 Å². The molecule has 24 heavy (non-hydrogen) atoms. The van der Waals surface area contributed by atoms with Gasteiger partial charge in [-0.2, -0.15) is 0 Å². The van der Waals surface area contributed by atoms with Gasteiger partial charge in [0, 0.05) is 0 Å². The minimum absolute atomic E-state index is 0.578. The Kier molecular flexibility index (Phi) is 8.58.